The van der Waals surface area contributed by atoms with Gasteiger partial charge in [-0.25, -0.2) is 0 Å². The van der Waals surface area contributed by atoms with Gasteiger partial charge in [-0.2, -0.15) is 0 Å². The van der Waals surface area contributed by atoms with Gasteiger partial charge in [0, 0.05) is 24.7 Å². The Morgan fingerprint density at radius 2 is 1.69 bits per heavy atom. The molecule has 4 saturated carbocycles. The fraction of sp³-hybridized carbons (Fsp3) is 0.903. The number of fused-ring (bicyclic) bond motifs is 5. The van der Waals surface area contributed by atoms with Gasteiger partial charge in [-0.15, -0.1) is 0 Å². The van der Waals surface area contributed by atoms with Gasteiger partial charge in [-0.1, -0.05) is 53.2 Å². The standard InChI is InChI=1S/C31H52O5/c1-17(2)20(5)18(3)13-19(4)24-9-10-25-23-14-27(34)31(35)15-22(33)11-12-30(31,8)28(23)26(36-21(6)32)16-29(24,25)7/h13,17,19-20,22-28,33-35H,9-12,14-16H2,1-8H3/t19-,20?,22?,23+,24-,25+,26?,27?,28-,29-,30-,31?/m1/s1. The largest absolute Gasteiger partial charge is 0.462 e. The Hall–Kier alpha value is -0.910. The summed E-state index contributed by atoms with van der Waals surface area (Å²) in [5.74, 6) is 2.44. The van der Waals surface area contributed by atoms with Crippen LogP contribution in [0.3, 0.4) is 0 Å². The van der Waals surface area contributed by atoms with Crippen molar-refractivity contribution in [2.75, 3.05) is 0 Å². The smallest absolute Gasteiger partial charge is 0.302 e. The zero-order chi connectivity index (χ0) is 26.8. The maximum Gasteiger partial charge on any atom is 0.302 e. The zero-order valence-electron chi connectivity index (χ0n) is 24.0. The maximum absolute atomic E-state index is 12.4. The SMILES string of the molecule is CC(=O)OC1C[C@]2(C)[C@@H]([C@H](C)C=C(C)C(C)C(C)C)CC[C@H]2[C@@H]2CC(O)C3(O)CC(O)CC[C@]3(C)[C@@H]12. The number of carbonyl (C=O) groups is 1. The molecule has 0 aromatic carbocycles. The second kappa shape index (κ2) is 9.68. The van der Waals surface area contributed by atoms with E-state index in [4.69, 9.17) is 4.74 Å². The van der Waals surface area contributed by atoms with Crippen molar-refractivity contribution in [3.8, 4) is 0 Å². The van der Waals surface area contributed by atoms with Gasteiger partial charge in [-0.05, 0) is 86.4 Å². The topological polar surface area (TPSA) is 87.0 Å². The van der Waals surface area contributed by atoms with Gasteiger partial charge < -0.3 is 20.1 Å². The van der Waals surface area contributed by atoms with Gasteiger partial charge >= 0.3 is 5.97 Å². The van der Waals surface area contributed by atoms with Gasteiger partial charge in [0.2, 0.25) is 0 Å². The molecule has 4 fully saturated rings. The summed E-state index contributed by atoms with van der Waals surface area (Å²) in [5.41, 5.74) is -0.474. The Kier molecular flexibility index (Phi) is 7.56. The van der Waals surface area contributed by atoms with Gasteiger partial charge in [-0.3, -0.25) is 4.79 Å². The summed E-state index contributed by atoms with van der Waals surface area (Å²) in [6.45, 7) is 17.5. The van der Waals surface area contributed by atoms with Crippen LogP contribution in [0, 0.1) is 52.3 Å². The number of aliphatic hydroxyl groups is 3. The number of hydrogen-bond acceptors (Lipinski definition) is 5. The number of carbonyl (C=O) groups excluding carboxylic acids is 1. The van der Waals surface area contributed by atoms with E-state index in [-0.39, 0.29) is 35.7 Å². The lowest BCUT2D eigenvalue weighted by atomic mass is 9.41. The molecule has 0 bridgehead atoms. The van der Waals surface area contributed by atoms with E-state index in [0.717, 1.165) is 19.3 Å². The van der Waals surface area contributed by atoms with Crippen molar-refractivity contribution in [2.24, 2.45) is 52.3 Å². The average molecular weight is 505 g/mol. The molecule has 4 aliphatic carbocycles. The molecule has 0 heterocycles. The summed E-state index contributed by atoms with van der Waals surface area (Å²) in [5, 5.41) is 33.7. The summed E-state index contributed by atoms with van der Waals surface area (Å²) < 4.78 is 6.12. The second-order valence-electron chi connectivity index (χ2n) is 14.1. The predicted molar refractivity (Wildman–Crippen MR) is 142 cm³/mol. The molecule has 12 atom stereocenters. The van der Waals surface area contributed by atoms with Crippen LogP contribution in [0.2, 0.25) is 0 Å². The van der Waals surface area contributed by atoms with Gasteiger partial charge in [0.15, 0.2) is 0 Å². The van der Waals surface area contributed by atoms with Crippen molar-refractivity contribution in [3.05, 3.63) is 11.6 Å². The molecule has 5 unspecified atom stereocenters. The van der Waals surface area contributed by atoms with Crippen LogP contribution in [0.4, 0.5) is 0 Å². The van der Waals surface area contributed by atoms with E-state index in [9.17, 15) is 20.1 Å². The summed E-state index contributed by atoms with van der Waals surface area (Å²) in [6, 6.07) is 0. The molecule has 36 heavy (non-hydrogen) atoms. The Bertz CT molecular complexity index is 867. The van der Waals surface area contributed by atoms with Crippen LogP contribution >= 0.6 is 0 Å². The number of esters is 1. The van der Waals surface area contributed by atoms with Crippen LogP contribution < -0.4 is 0 Å². The van der Waals surface area contributed by atoms with Crippen LogP contribution in [-0.2, 0) is 9.53 Å². The molecule has 4 rings (SSSR count). The monoisotopic (exact) mass is 504 g/mol. The quantitative estimate of drug-likeness (QED) is 0.340. The van der Waals surface area contributed by atoms with E-state index in [2.05, 4.69) is 54.5 Å². The van der Waals surface area contributed by atoms with E-state index in [1.54, 1.807) is 0 Å². The van der Waals surface area contributed by atoms with Crippen molar-refractivity contribution in [3.63, 3.8) is 0 Å². The Labute approximate surface area is 219 Å². The van der Waals surface area contributed by atoms with Gasteiger partial charge in [0.1, 0.15) is 6.10 Å². The first-order valence-electron chi connectivity index (χ1n) is 14.6. The van der Waals surface area contributed by atoms with E-state index in [1.165, 1.54) is 12.5 Å². The zero-order valence-corrected chi connectivity index (χ0v) is 24.0. The minimum atomic E-state index is -1.35. The van der Waals surface area contributed by atoms with Crippen molar-refractivity contribution >= 4 is 5.97 Å². The Balaban J connectivity index is 1.71. The first-order chi connectivity index (χ1) is 16.7. The number of allylic oxidation sites excluding steroid dienone is 2. The van der Waals surface area contributed by atoms with Crippen LogP contribution in [0.15, 0.2) is 11.6 Å². The van der Waals surface area contributed by atoms with Gasteiger partial charge in [0.25, 0.3) is 0 Å². The van der Waals surface area contributed by atoms with E-state index < -0.39 is 23.2 Å². The number of rotatable bonds is 5. The first kappa shape index (κ1) is 28.1. The Morgan fingerprint density at radius 1 is 1.03 bits per heavy atom. The first-order valence-corrected chi connectivity index (χ1v) is 14.6. The van der Waals surface area contributed by atoms with Crippen molar-refractivity contribution < 1.29 is 24.9 Å². The molecule has 4 aliphatic rings. The fourth-order valence-electron chi connectivity index (χ4n) is 9.78. The van der Waals surface area contributed by atoms with E-state index >= 15 is 0 Å². The van der Waals surface area contributed by atoms with Crippen LogP contribution in [-0.4, -0.2) is 45.2 Å². The molecular formula is C31H52O5. The summed E-state index contributed by atoms with van der Waals surface area (Å²) in [4.78, 5) is 12.4. The highest BCUT2D eigenvalue weighted by Gasteiger charge is 2.70. The lowest BCUT2D eigenvalue weighted by molar-refractivity contribution is -0.284. The van der Waals surface area contributed by atoms with E-state index in [0.29, 0.717) is 48.9 Å². The number of ether oxygens (including phenoxy) is 1. The third kappa shape index (κ3) is 4.29. The molecule has 5 heteroatoms. The third-order valence-electron chi connectivity index (χ3n) is 12.0. The molecule has 0 aromatic heterocycles. The summed E-state index contributed by atoms with van der Waals surface area (Å²) in [6.07, 6.45) is 5.78. The molecule has 0 radical (unpaired) electrons. The molecule has 5 nitrogen and oxygen atoms in total. The molecular weight excluding hydrogens is 452 g/mol. The lowest BCUT2D eigenvalue weighted by Crippen LogP contribution is -2.71. The highest BCUT2D eigenvalue weighted by Crippen LogP contribution is 2.69. The number of aliphatic hydroxyl groups excluding tert-OH is 2. The minimum Gasteiger partial charge on any atom is -0.462 e. The molecule has 0 saturated heterocycles. The molecule has 0 aromatic rings. The summed E-state index contributed by atoms with van der Waals surface area (Å²) in [7, 11) is 0. The van der Waals surface area contributed by atoms with E-state index in [1.807, 2.05) is 0 Å². The summed E-state index contributed by atoms with van der Waals surface area (Å²) >= 11 is 0. The average Bonchev–Trinajstić information content (AvgIpc) is 3.11. The maximum atomic E-state index is 12.4. The van der Waals surface area contributed by atoms with Crippen LogP contribution in [0.5, 0.6) is 0 Å². The molecule has 0 amide bonds. The number of hydrogen-bond donors (Lipinski definition) is 3. The van der Waals surface area contributed by atoms with Crippen molar-refractivity contribution in [2.45, 2.75) is 124 Å². The van der Waals surface area contributed by atoms with Crippen LogP contribution in [0.1, 0.15) is 100 Å². The molecule has 206 valence electrons. The molecule has 0 spiro atoms. The predicted octanol–water partition coefficient (Wildman–Crippen LogP) is 5.51. The third-order valence-corrected chi connectivity index (χ3v) is 12.0. The molecule has 0 aliphatic heterocycles. The highest BCUT2D eigenvalue weighted by molar-refractivity contribution is 5.66. The molecule has 3 N–H and O–H groups in total. The normalized spacial score (nSPS) is 48.6. The van der Waals surface area contributed by atoms with Crippen LogP contribution in [0.25, 0.3) is 0 Å². The fourth-order valence-corrected chi connectivity index (χ4v) is 9.78. The lowest BCUT2D eigenvalue weighted by Gasteiger charge is -2.66. The highest BCUT2D eigenvalue weighted by atomic mass is 16.5. The second-order valence-corrected chi connectivity index (χ2v) is 14.1. The van der Waals surface area contributed by atoms with Crippen molar-refractivity contribution in [1.29, 1.82) is 0 Å². The van der Waals surface area contributed by atoms with Gasteiger partial charge in [0.05, 0.1) is 17.8 Å². The van der Waals surface area contributed by atoms with Crippen molar-refractivity contribution in [1.82, 2.24) is 0 Å². The minimum absolute atomic E-state index is 0.00678. The Morgan fingerprint density at radius 3 is 2.31 bits per heavy atom.